The van der Waals surface area contributed by atoms with E-state index in [0.717, 1.165) is 32.1 Å². The lowest BCUT2D eigenvalue weighted by Crippen LogP contribution is -2.39. The van der Waals surface area contributed by atoms with Crippen LogP contribution in [0.15, 0.2) is 47.4 Å². The highest BCUT2D eigenvalue weighted by atomic mass is 32.2. The van der Waals surface area contributed by atoms with Crippen LogP contribution in [0.1, 0.15) is 49.4 Å². The van der Waals surface area contributed by atoms with Crippen molar-refractivity contribution >= 4 is 33.2 Å². The average molecular weight is 472 g/mol. The van der Waals surface area contributed by atoms with Crippen LogP contribution in [-0.4, -0.2) is 50.8 Å². The fourth-order valence-corrected chi connectivity index (χ4v) is 5.62. The minimum absolute atomic E-state index is 0.0114. The van der Waals surface area contributed by atoms with Crippen molar-refractivity contribution in [3.8, 4) is 5.75 Å². The molecule has 1 saturated heterocycles. The Bertz CT molecular complexity index is 1130. The Kier molecular flexibility index (Phi) is 6.99. The van der Waals surface area contributed by atoms with Gasteiger partial charge in [-0.2, -0.15) is 4.31 Å². The molecule has 2 aliphatic heterocycles. The van der Waals surface area contributed by atoms with Gasteiger partial charge in [-0.05, 0) is 61.7 Å². The zero-order valence-corrected chi connectivity index (χ0v) is 19.6. The van der Waals surface area contributed by atoms with Crippen LogP contribution >= 0.6 is 0 Å². The van der Waals surface area contributed by atoms with Crippen LogP contribution in [-0.2, 0) is 14.8 Å². The first-order chi connectivity index (χ1) is 15.9. The lowest BCUT2D eigenvalue weighted by atomic mass is 10.1. The number of amides is 2. The van der Waals surface area contributed by atoms with Gasteiger partial charge in [-0.25, -0.2) is 8.42 Å². The largest absolute Gasteiger partial charge is 0.482 e. The molecule has 0 bridgehead atoms. The first-order valence-corrected chi connectivity index (χ1v) is 12.8. The summed E-state index contributed by atoms with van der Waals surface area (Å²) in [5, 5.41) is 2.83. The Balaban J connectivity index is 1.48. The summed E-state index contributed by atoms with van der Waals surface area (Å²) in [6.45, 7) is 3.79. The van der Waals surface area contributed by atoms with Crippen molar-refractivity contribution in [3.63, 3.8) is 0 Å². The van der Waals surface area contributed by atoms with Crippen LogP contribution in [0.25, 0.3) is 0 Å². The summed E-state index contributed by atoms with van der Waals surface area (Å²) < 4.78 is 32.4. The highest BCUT2D eigenvalue weighted by molar-refractivity contribution is 7.89. The number of hydrogen-bond donors (Lipinski definition) is 1. The molecule has 0 unspecified atom stereocenters. The Labute approximate surface area is 194 Å². The number of ether oxygens (including phenoxy) is 1. The number of nitrogens with zero attached hydrogens (tertiary/aromatic N) is 2. The van der Waals surface area contributed by atoms with Crippen molar-refractivity contribution in [2.75, 3.05) is 36.5 Å². The molecule has 176 valence electrons. The lowest BCUT2D eigenvalue weighted by molar-refractivity contribution is -0.121. The van der Waals surface area contributed by atoms with Crippen LogP contribution in [0, 0.1) is 0 Å². The van der Waals surface area contributed by atoms with Crippen LogP contribution in [0.5, 0.6) is 5.75 Å². The molecule has 2 aromatic rings. The molecule has 33 heavy (non-hydrogen) atoms. The fourth-order valence-electron chi connectivity index (χ4n) is 4.10. The van der Waals surface area contributed by atoms with E-state index in [1.807, 2.05) is 0 Å². The predicted molar refractivity (Wildman–Crippen MR) is 126 cm³/mol. The van der Waals surface area contributed by atoms with Gasteiger partial charge in [-0.15, -0.1) is 0 Å². The first kappa shape index (κ1) is 23.3. The van der Waals surface area contributed by atoms with E-state index >= 15 is 0 Å². The summed E-state index contributed by atoms with van der Waals surface area (Å²) in [5.41, 5.74) is 1.53. The van der Waals surface area contributed by atoms with Crippen molar-refractivity contribution in [3.05, 3.63) is 48.0 Å². The van der Waals surface area contributed by atoms with Gasteiger partial charge in [0.15, 0.2) is 6.61 Å². The molecule has 1 fully saturated rings. The molecular weight excluding hydrogens is 442 g/mol. The number of nitrogens with one attached hydrogen (secondary N) is 1. The highest BCUT2D eigenvalue weighted by Gasteiger charge is 2.28. The van der Waals surface area contributed by atoms with Crippen molar-refractivity contribution in [1.29, 1.82) is 0 Å². The zero-order valence-electron chi connectivity index (χ0n) is 18.7. The number of hydrogen-bond acceptors (Lipinski definition) is 5. The molecule has 2 aliphatic rings. The third kappa shape index (κ3) is 5.04. The summed E-state index contributed by atoms with van der Waals surface area (Å²) in [4.78, 5) is 27.0. The maximum Gasteiger partial charge on any atom is 0.265 e. The van der Waals surface area contributed by atoms with Gasteiger partial charge in [0, 0.05) is 30.9 Å². The van der Waals surface area contributed by atoms with Gasteiger partial charge in [0.1, 0.15) is 5.75 Å². The number of anilines is 2. The Morgan fingerprint density at radius 2 is 1.79 bits per heavy atom. The van der Waals surface area contributed by atoms with Gasteiger partial charge in [0.2, 0.25) is 10.0 Å². The van der Waals surface area contributed by atoms with E-state index in [0.29, 0.717) is 42.3 Å². The molecular formula is C24H29N3O5S. The molecule has 0 radical (unpaired) electrons. The second kappa shape index (κ2) is 9.93. The maximum atomic E-state index is 12.8. The molecule has 2 aromatic carbocycles. The minimum Gasteiger partial charge on any atom is -0.482 e. The molecule has 8 nitrogen and oxygen atoms in total. The number of rotatable bonds is 8. The van der Waals surface area contributed by atoms with Crippen molar-refractivity contribution in [2.45, 2.75) is 43.9 Å². The lowest BCUT2D eigenvalue weighted by Gasteiger charge is -2.30. The third-order valence-corrected chi connectivity index (χ3v) is 7.88. The zero-order chi connectivity index (χ0) is 23.4. The number of unbranched alkanes of at least 4 members (excludes halogenated alkanes) is 2. The second-order valence-corrected chi connectivity index (χ2v) is 10.3. The van der Waals surface area contributed by atoms with E-state index in [4.69, 9.17) is 4.74 Å². The smallest absolute Gasteiger partial charge is 0.265 e. The summed E-state index contributed by atoms with van der Waals surface area (Å²) in [6.07, 6.45) is 4.71. The van der Waals surface area contributed by atoms with Crippen LogP contribution in [0.2, 0.25) is 0 Å². The summed E-state index contributed by atoms with van der Waals surface area (Å²) in [5.74, 6) is 0.151. The van der Waals surface area contributed by atoms with Crippen molar-refractivity contribution < 1.29 is 22.7 Å². The van der Waals surface area contributed by atoms with Gasteiger partial charge >= 0.3 is 0 Å². The predicted octanol–water partition coefficient (Wildman–Crippen LogP) is 3.64. The molecule has 0 aliphatic carbocycles. The monoisotopic (exact) mass is 471 g/mol. The van der Waals surface area contributed by atoms with Gasteiger partial charge < -0.3 is 15.0 Å². The number of carbonyl (C=O) groups excluding carboxylic acids is 2. The summed E-state index contributed by atoms with van der Waals surface area (Å²) in [7, 11) is -3.52. The maximum absolute atomic E-state index is 12.8. The number of benzene rings is 2. The van der Waals surface area contributed by atoms with E-state index in [1.165, 1.54) is 28.6 Å². The molecule has 4 rings (SSSR count). The molecule has 0 atom stereocenters. The van der Waals surface area contributed by atoms with E-state index in [-0.39, 0.29) is 23.3 Å². The topological polar surface area (TPSA) is 96.0 Å². The minimum atomic E-state index is -3.52. The van der Waals surface area contributed by atoms with Crippen LogP contribution in [0.4, 0.5) is 11.4 Å². The molecule has 9 heteroatoms. The Morgan fingerprint density at radius 3 is 2.48 bits per heavy atom. The summed E-state index contributed by atoms with van der Waals surface area (Å²) >= 11 is 0. The van der Waals surface area contributed by atoms with E-state index in [1.54, 1.807) is 23.1 Å². The quantitative estimate of drug-likeness (QED) is 0.593. The number of fused-ring (bicyclic) bond motifs is 1. The summed E-state index contributed by atoms with van der Waals surface area (Å²) in [6, 6.07) is 11.2. The van der Waals surface area contributed by atoms with Gasteiger partial charge in [-0.1, -0.05) is 19.8 Å². The van der Waals surface area contributed by atoms with Crippen LogP contribution < -0.4 is 15.0 Å². The van der Waals surface area contributed by atoms with Gasteiger partial charge in [0.05, 0.1) is 10.6 Å². The van der Waals surface area contributed by atoms with E-state index < -0.39 is 10.0 Å². The van der Waals surface area contributed by atoms with Gasteiger partial charge in [0.25, 0.3) is 11.8 Å². The van der Waals surface area contributed by atoms with Crippen molar-refractivity contribution in [2.24, 2.45) is 0 Å². The van der Waals surface area contributed by atoms with E-state index in [9.17, 15) is 18.0 Å². The normalized spacial score (nSPS) is 16.4. The fraction of sp³-hybridized carbons (Fsp3) is 0.417. The van der Waals surface area contributed by atoms with Crippen molar-refractivity contribution in [1.82, 2.24) is 4.31 Å². The SMILES string of the molecule is CCCCCN1C(=O)COc2ccc(NC(=O)c3ccc(S(=O)(=O)N4CCCC4)cc3)cc21. The molecule has 2 heterocycles. The second-order valence-electron chi connectivity index (χ2n) is 8.31. The Hall–Kier alpha value is -2.91. The Morgan fingerprint density at radius 1 is 1.06 bits per heavy atom. The third-order valence-electron chi connectivity index (χ3n) is 5.96. The number of sulfonamides is 1. The molecule has 2 amide bonds. The first-order valence-electron chi connectivity index (χ1n) is 11.4. The average Bonchev–Trinajstić information content (AvgIpc) is 3.37. The number of carbonyl (C=O) groups is 2. The molecule has 1 N–H and O–H groups in total. The van der Waals surface area contributed by atoms with Gasteiger partial charge in [-0.3, -0.25) is 9.59 Å². The molecule has 0 saturated carbocycles. The molecule has 0 spiro atoms. The standard InChI is InChI=1S/C24H29N3O5S/c1-2-3-4-15-27-21-16-19(9-12-22(21)32-17-23(27)28)25-24(29)18-7-10-20(11-8-18)33(30,31)26-13-5-6-14-26/h7-12,16H,2-6,13-15,17H2,1H3,(H,25,29). The highest BCUT2D eigenvalue weighted by Crippen LogP contribution is 2.35. The molecule has 0 aromatic heterocycles. The van der Waals surface area contributed by atoms with Crippen LogP contribution in [0.3, 0.4) is 0 Å². The van der Waals surface area contributed by atoms with E-state index in [2.05, 4.69) is 12.2 Å².